The molecule has 5 rings (SSSR count). The third kappa shape index (κ3) is 5.32. The molecule has 2 aromatic carbocycles. The SMILES string of the molecule is Cc1ccc2c(c1)C(=O)CC(C(=O)CC1CCC(C(=O)CCc3nc4ccc(Cl)cc4[nH]3)CC1)O2. The number of rotatable bonds is 7. The number of halogens is 1. The average Bonchev–Trinajstić information content (AvgIpc) is 3.25. The van der Waals surface area contributed by atoms with Gasteiger partial charge in [-0.15, -0.1) is 0 Å². The van der Waals surface area contributed by atoms with Crippen molar-refractivity contribution in [3.8, 4) is 5.75 Å². The number of carbonyl (C=O) groups excluding carboxylic acids is 3. The van der Waals surface area contributed by atoms with E-state index in [2.05, 4.69) is 9.97 Å². The molecule has 6 nitrogen and oxygen atoms in total. The standard InChI is InChI=1S/C28H29ClN2O4/c1-16-2-10-26-20(12-16)24(33)15-27(35-26)25(34)13-17-3-5-18(6-4-17)23(32)9-11-28-30-21-8-7-19(29)14-22(21)31-28/h2,7-8,10,12,14,17-18,27H,3-6,9,11,13,15H2,1H3,(H,30,31). The Hall–Kier alpha value is -2.99. The molecule has 2 heterocycles. The number of H-pyrrole nitrogens is 1. The van der Waals surface area contributed by atoms with Crippen LogP contribution in [0.3, 0.4) is 0 Å². The molecule has 0 bridgehead atoms. The van der Waals surface area contributed by atoms with Crippen LogP contribution in [0, 0.1) is 18.8 Å². The van der Waals surface area contributed by atoms with E-state index in [1.165, 1.54) is 0 Å². The molecule has 35 heavy (non-hydrogen) atoms. The molecule has 1 aliphatic heterocycles. The van der Waals surface area contributed by atoms with E-state index in [4.69, 9.17) is 16.3 Å². The van der Waals surface area contributed by atoms with Gasteiger partial charge in [0.2, 0.25) is 0 Å². The summed E-state index contributed by atoms with van der Waals surface area (Å²) < 4.78 is 5.88. The van der Waals surface area contributed by atoms with Crippen LogP contribution in [-0.2, 0) is 16.0 Å². The summed E-state index contributed by atoms with van der Waals surface area (Å²) in [7, 11) is 0. The summed E-state index contributed by atoms with van der Waals surface area (Å²) in [6.45, 7) is 1.93. The largest absolute Gasteiger partial charge is 0.481 e. The van der Waals surface area contributed by atoms with Crippen molar-refractivity contribution in [1.82, 2.24) is 9.97 Å². The number of ether oxygens (including phenoxy) is 1. The van der Waals surface area contributed by atoms with Crippen LogP contribution in [0.5, 0.6) is 5.75 Å². The average molecular weight is 493 g/mol. The molecule has 1 unspecified atom stereocenters. The highest BCUT2D eigenvalue weighted by Crippen LogP contribution is 2.34. The minimum atomic E-state index is -0.698. The number of aromatic amines is 1. The van der Waals surface area contributed by atoms with Gasteiger partial charge in [0, 0.05) is 30.2 Å². The van der Waals surface area contributed by atoms with Gasteiger partial charge >= 0.3 is 0 Å². The summed E-state index contributed by atoms with van der Waals surface area (Å²) in [6.07, 6.45) is 4.16. The van der Waals surface area contributed by atoms with Gasteiger partial charge in [0.15, 0.2) is 17.7 Å². The monoisotopic (exact) mass is 492 g/mol. The summed E-state index contributed by atoms with van der Waals surface area (Å²) in [5.74, 6) is 1.81. The van der Waals surface area contributed by atoms with Gasteiger partial charge in [0.25, 0.3) is 0 Å². The predicted octanol–water partition coefficient (Wildman–Crippen LogP) is 5.83. The maximum absolute atomic E-state index is 12.9. The molecule has 1 atom stereocenters. The van der Waals surface area contributed by atoms with Crippen LogP contribution < -0.4 is 4.74 Å². The zero-order chi connectivity index (χ0) is 24.5. The molecule has 1 N–H and O–H groups in total. The Balaban J connectivity index is 1.09. The second-order valence-corrected chi connectivity index (χ2v) is 10.4. The van der Waals surface area contributed by atoms with Crippen molar-refractivity contribution in [1.29, 1.82) is 0 Å². The molecule has 1 aliphatic carbocycles. The van der Waals surface area contributed by atoms with Gasteiger partial charge in [-0.1, -0.05) is 23.2 Å². The van der Waals surface area contributed by atoms with Gasteiger partial charge in [0.1, 0.15) is 17.4 Å². The van der Waals surface area contributed by atoms with E-state index in [1.807, 2.05) is 31.2 Å². The van der Waals surface area contributed by atoms with Gasteiger partial charge in [0.05, 0.1) is 23.0 Å². The molecule has 182 valence electrons. The minimum absolute atomic E-state index is 0.00987. The molecule has 0 amide bonds. The van der Waals surface area contributed by atoms with E-state index in [0.29, 0.717) is 35.6 Å². The number of hydrogen-bond donors (Lipinski definition) is 1. The number of benzene rings is 2. The number of ketones is 3. The number of nitrogens with zero attached hydrogens (tertiary/aromatic N) is 1. The van der Waals surface area contributed by atoms with E-state index in [1.54, 1.807) is 12.1 Å². The fourth-order valence-corrected chi connectivity index (χ4v) is 5.49. The van der Waals surface area contributed by atoms with Gasteiger partial charge in [-0.2, -0.15) is 0 Å². The normalized spacial score (nSPS) is 22.0. The van der Waals surface area contributed by atoms with Crippen LogP contribution in [0.1, 0.15) is 66.7 Å². The maximum atomic E-state index is 12.9. The van der Waals surface area contributed by atoms with Crippen molar-refractivity contribution < 1.29 is 19.1 Å². The Kier molecular flexibility index (Phi) is 6.74. The van der Waals surface area contributed by atoms with Crippen LogP contribution >= 0.6 is 11.6 Å². The van der Waals surface area contributed by atoms with Crippen molar-refractivity contribution in [2.45, 2.75) is 64.4 Å². The Bertz CT molecular complexity index is 1290. The molecule has 0 saturated heterocycles. The molecular formula is C28H29ClN2O4. The van der Waals surface area contributed by atoms with Crippen LogP contribution in [0.2, 0.25) is 5.02 Å². The third-order valence-electron chi connectivity index (χ3n) is 7.33. The Morgan fingerprint density at radius 3 is 2.69 bits per heavy atom. The highest BCUT2D eigenvalue weighted by molar-refractivity contribution is 6.31. The lowest BCUT2D eigenvalue weighted by Crippen LogP contribution is -2.35. The number of Topliss-reactive ketones (excluding diaryl/α,β-unsaturated/α-hetero) is 3. The maximum Gasteiger partial charge on any atom is 0.174 e. The summed E-state index contributed by atoms with van der Waals surface area (Å²) in [5.41, 5.74) is 3.30. The summed E-state index contributed by atoms with van der Waals surface area (Å²) in [5, 5.41) is 0.653. The number of aromatic nitrogens is 2. The van der Waals surface area contributed by atoms with Gasteiger partial charge in [-0.25, -0.2) is 4.98 Å². The molecule has 3 aromatic rings. The van der Waals surface area contributed by atoms with Crippen LogP contribution in [0.4, 0.5) is 0 Å². The third-order valence-corrected chi connectivity index (χ3v) is 7.56. The predicted molar refractivity (Wildman–Crippen MR) is 134 cm³/mol. The second kappa shape index (κ2) is 9.94. The zero-order valence-corrected chi connectivity index (χ0v) is 20.6. The smallest absolute Gasteiger partial charge is 0.174 e. The summed E-state index contributed by atoms with van der Waals surface area (Å²) in [4.78, 5) is 46.0. The summed E-state index contributed by atoms with van der Waals surface area (Å²) >= 11 is 6.03. The number of fused-ring (bicyclic) bond motifs is 2. The highest BCUT2D eigenvalue weighted by atomic mass is 35.5. The molecule has 0 radical (unpaired) electrons. The van der Waals surface area contributed by atoms with Crippen LogP contribution in [-0.4, -0.2) is 33.4 Å². The fraction of sp³-hybridized carbons (Fsp3) is 0.429. The minimum Gasteiger partial charge on any atom is -0.481 e. The first-order valence-electron chi connectivity index (χ1n) is 12.4. The fourth-order valence-electron chi connectivity index (χ4n) is 5.32. The number of imidazole rings is 1. The van der Waals surface area contributed by atoms with E-state index >= 15 is 0 Å². The van der Waals surface area contributed by atoms with Gasteiger partial charge < -0.3 is 9.72 Å². The van der Waals surface area contributed by atoms with Crippen LogP contribution in [0.15, 0.2) is 36.4 Å². The molecular weight excluding hydrogens is 464 g/mol. The number of nitrogens with one attached hydrogen (secondary N) is 1. The quantitative estimate of drug-likeness (QED) is 0.448. The molecule has 2 aliphatic rings. The van der Waals surface area contributed by atoms with Crippen molar-refractivity contribution in [2.75, 3.05) is 0 Å². The molecule has 1 fully saturated rings. The first-order valence-corrected chi connectivity index (χ1v) is 12.7. The lowest BCUT2D eigenvalue weighted by atomic mass is 9.77. The topological polar surface area (TPSA) is 89.1 Å². The summed E-state index contributed by atoms with van der Waals surface area (Å²) in [6, 6.07) is 11.0. The number of hydrogen-bond acceptors (Lipinski definition) is 5. The van der Waals surface area contributed by atoms with E-state index in [9.17, 15) is 14.4 Å². The zero-order valence-electron chi connectivity index (χ0n) is 19.8. The molecule has 7 heteroatoms. The van der Waals surface area contributed by atoms with Crippen molar-refractivity contribution in [2.24, 2.45) is 11.8 Å². The Morgan fingerprint density at radius 1 is 1.09 bits per heavy atom. The Labute approximate surface area is 209 Å². The van der Waals surface area contributed by atoms with Gasteiger partial charge in [-0.3, -0.25) is 14.4 Å². The molecule has 1 aromatic heterocycles. The second-order valence-electron chi connectivity index (χ2n) is 9.93. The first-order chi connectivity index (χ1) is 16.9. The highest BCUT2D eigenvalue weighted by Gasteiger charge is 2.34. The number of aryl methyl sites for hydroxylation is 2. The van der Waals surface area contributed by atoms with Crippen molar-refractivity contribution in [3.05, 3.63) is 58.4 Å². The molecule has 0 spiro atoms. The lowest BCUT2D eigenvalue weighted by Gasteiger charge is -2.29. The van der Waals surface area contributed by atoms with Gasteiger partial charge in [-0.05, 0) is 68.9 Å². The van der Waals surface area contributed by atoms with E-state index < -0.39 is 6.10 Å². The van der Waals surface area contributed by atoms with Crippen LogP contribution in [0.25, 0.3) is 11.0 Å². The molecule has 1 saturated carbocycles. The van der Waals surface area contributed by atoms with E-state index in [-0.39, 0.29) is 35.6 Å². The Morgan fingerprint density at radius 2 is 1.89 bits per heavy atom. The first kappa shape index (κ1) is 23.7. The number of carbonyl (C=O) groups is 3. The van der Waals surface area contributed by atoms with Crippen molar-refractivity contribution in [3.63, 3.8) is 0 Å². The lowest BCUT2D eigenvalue weighted by molar-refractivity contribution is -0.127. The van der Waals surface area contributed by atoms with E-state index in [0.717, 1.165) is 48.1 Å². The van der Waals surface area contributed by atoms with Crippen molar-refractivity contribution >= 4 is 40.0 Å².